The number of benzene rings is 2. The maximum absolute atomic E-state index is 13.5. The fraction of sp³-hybridized carbons (Fsp3) is 0.350. The molecule has 0 aromatic heterocycles. The summed E-state index contributed by atoms with van der Waals surface area (Å²) in [6.45, 7) is 7.21. The topological polar surface area (TPSA) is 26.3 Å². The fourth-order valence-electron chi connectivity index (χ4n) is 2.08. The van der Waals surface area contributed by atoms with E-state index in [2.05, 4.69) is 0 Å². The largest absolute Gasteiger partial charge is 0.462 e. The molecule has 0 saturated heterocycles. The normalized spacial score (nSPS) is 11.2. The molecule has 1 atom stereocenters. The van der Waals surface area contributed by atoms with E-state index < -0.39 is 0 Å². The van der Waals surface area contributed by atoms with Gasteiger partial charge in [0.2, 0.25) is 0 Å². The molecule has 2 aromatic carbocycles. The summed E-state index contributed by atoms with van der Waals surface area (Å²) in [7, 11) is 0. The SMILES string of the molecule is CCC(=O)OC(C)Cc1ccc(C)cc1F.Cc1cccc(F)c1. The molecule has 130 valence electrons. The van der Waals surface area contributed by atoms with Crippen molar-refractivity contribution in [1.82, 2.24) is 0 Å². The van der Waals surface area contributed by atoms with E-state index in [1.807, 2.05) is 26.0 Å². The summed E-state index contributed by atoms with van der Waals surface area (Å²) < 4.78 is 30.7. The molecule has 2 nitrogen and oxygen atoms in total. The predicted molar refractivity (Wildman–Crippen MR) is 91.8 cm³/mol. The molecule has 0 radical (unpaired) electrons. The Balaban J connectivity index is 0.000000300. The lowest BCUT2D eigenvalue weighted by atomic mass is 10.1. The van der Waals surface area contributed by atoms with E-state index in [0.717, 1.165) is 11.1 Å². The van der Waals surface area contributed by atoms with Crippen LogP contribution in [0.2, 0.25) is 0 Å². The van der Waals surface area contributed by atoms with Gasteiger partial charge >= 0.3 is 5.97 Å². The van der Waals surface area contributed by atoms with E-state index in [1.165, 1.54) is 18.2 Å². The van der Waals surface area contributed by atoms with E-state index in [4.69, 9.17) is 4.74 Å². The van der Waals surface area contributed by atoms with Crippen LogP contribution in [0.15, 0.2) is 42.5 Å². The minimum atomic E-state index is -0.287. The van der Waals surface area contributed by atoms with Crippen LogP contribution in [-0.4, -0.2) is 12.1 Å². The molecule has 0 aliphatic rings. The van der Waals surface area contributed by atoms with Gasteiger partial charge in [-0.3, -0.25) is 4.79 Å². The summed E-state index contributed by atoms with van der Waals surface area (Å²) in [5, 5.41) is 0. The minimum Gasteiger partial charge on any atom is -0.462 e. The molecular formula is C20H24F2O2. The molecule has 0 aliphatic heterocycles. The zero-order valence-electron chi connectivity index (χ0n) is 14.6. The lowest BCUT2D eigenvalue weighted by molar-refractivity contribution is -0.147. The average Bonchev–Trinajstić information content (AvgIpc) is 2.50. The number of halogens is 2. The smallest absolute Gasteiger partial charge is 0.305 e. The number of aryl methyl sites for hydroxylation is 2. The maximum atomic E-state index is 13.5. The van der Waals surface area contributed by atoms with Crippen molar-refractivity contribution in [2.75, 3.05) is 0 Å². The van der Waals surface area contributed by atoms with Gasteiger partial charge in [0.15, 0.2) is 0 Å². The van der Waals surface area contributed by atoms with Crippen LogP contribution in [0.1, 0.15) is 37.0 Å². The first-order valence-corrected chi connectivity index (χ1v) is 7.98. The Morgan fingerprint density at radius 2 is 1.75 bits per heavy atom. The monoisotopic (exact) mass is 334 g/mol. The predicted octanol–water partition coefficient (Wildman–Crippen LogP) is 5.15. The van der Waals surface area contributed by atoms with Crippen molar-refractivity contribution >= 4 is 5.97 Å². The van der Waals surface area contributed by atoms with Crippen molar-refractivity contribution in [2.24, 2.45) is 0 Å². The first-order valence-electron chi connectivity index (χ1n) is 7.98. The van der Waals surface area contributed by atoms with Crippen molar-refractivity contribution in [3.05, 3.63) is 70.8 Å². The van der Waals surface area contributed by atoms with Gasteiger partial charge in [-0.15, -0.1) is 0 Å². The van der Waals surface area contributed by atoms with Crippen molar-refractivity contribution < 1.29 is 18.3 Å². The van der Waals surface area contributed by atoms with E-state index in [1.54, 1.807) is 26.0 Å². The second-order valence-electron chi connectivity index (χ2n) is 5.75. The summed E-state index contributed by atoms with van der Waals surface area (Å²) in [5.41, 5.74) is 2.44. The third-order valence-corrected chi connectivity index (χ3v) is 3.32. The van der Waals surface area contributed by atoms with Gasteiger partial charge in [-0.2, -0.15) is 0 Å². The number of hydrogen-bond acceptors (Lipinski definition) is 2. The molecule has 0 spiro atoms. The maximum Gasteiger partial charge on any atom is 0.305 e. The summed E-state index contributed by atoms with van der Waals surface area (Å²) in [6, 6.07) is 11.6. The molecule has 0 N–H and O–H groups in total. The molecule has 0 saturated carbocycles. The van der Waals surface area contributed by atoms with Crippen LogP contribution in [0.3, 0.4) is 0 Å². The Kier molecular flexibility index (Phi) is 8.10. The van der Waals surface area contributed by atoms with Crippen molar-refractivity contribution in [3.8, 4) is 0 Å². The van der Waals surface area contributed by atoms with Gasteiger partial charge in [-0.1, -0.05) is 31.2 Å². The molecule has 0 fully saturated rings. The van der Waals surface area contributed by atoms with E-state index in [-0.39, 0.29) is 23.7 Å². The van der Waals surface area contributed by atoms with Crippen LogP contribution in [0.25, 0.3) is 0 Å². The van der Waals surface area contributed by atoms with Crippen LogP contribution in [-0.2, 0) is 16.0 Å². The van der Waals surface area contributed by atoms with Gasteiger partial charge in [0.1, 0.15) is 17.7 Å². The Bertz CT molecular complexity index is 651. The second kappa shape index (κ2) is 9.81. The van der Waals surface area contributed by atoms with Crippen LogP contribution < -0.4 is 0 Å². The standard InChI is InChI=1S/C13H17FO2.C7H7F/c1-4-13(15)16-10(3)8-11-6-5-9(2)7-12(11)14;1-6-3-2-4-7(8)5-6/h5-7,10H,4,8H2,1-3H3;2-5H,1H3. The zero-order valence-corrected chi connectivity index (χ0v) is 14.6. The van der Waals surface area contributed by atoms with E-state index in [9.17, 15) is 13.6 Å². The molecule has 0 aliphatic carbocycles. The van der Waals surface area contributed by atoms with Crippen molar-refractivity contribution in [3.63, 3.8) is 0 Å². The summed E-state index contributed by atoms with van der Waals surface area (Å²) in [6.07, 6.45) is 0.475. The van der Waals surface area contributed by atoms with E-state index >= 15 is 0 Å². The zero-order chi connectivity index (χ0) is 18.1. The highest BCUT2D eigenvalue weighted by atomic mass is 19.1. The molecule has 2 aromatic rings. The molecule has 0 amide bonds. The van der Waals surface area contributed by atoms with Gasteiger partial charge in [0, 0.05) is 12.8 Å². The average molecular weight is 334 g/mol. The highest BCUT2D eigenvalue weighted by Gasteiger charge is 2.11. The summed E-state index contributed by atoms with van der Waals surface area (Å²) >= 11 is 0. The second-order valence-corrected chi connectivity index (χ2v) is 5.75. The van der Waals surface area contributed by atoms with Gasteiger partial charge in [0.05, 0.1) is 0 Å². The first-order chi connectivity index (χ1) is 11.3. The lowest BCUT2D eigenvalue weighted by Gasteiger charge is -2.13. The Hall–Kier alpha value is -2.23. The number of rotatable bonds is 4. The van der Waals surface area contributed by atoms with Crippen molar-refractivity contribution in [1.29, 1.82) is 0 Å². The van der Waals surface area contributed by atoms with Gasteiger partial charge in [-0.05, 0) is 55.7 Å². The molecular weight excluding hydrogens is 310 g/mol. The molecule has 1 unspecified atom stereocenters. The number of esters is 1. The lowest BCUT2D eigenvalue weighted by Crippen LogP contribution is -2.17. The third kappa shape index (κ3) is 7.36. The highest BCUT2D eigenvalue weighted by molar-refractivity contribution is 5.69. The van der Waals surface area contributed by atoms with Gasteiger partial charge in [-0.25, -0.2) is 8.78 Å². The number of carbonyl (C=O) groups excluding carboxylic acids is 1. The van der Waals surface area contributed by atoms with Crippen molar-refractivity contribution in [2.45, 2.75) is 46.6 Å². The summed E-state index contributed by atoms with van der Waals surface area (Å²) in [5.74, 6) is -0.649. The minimum absolute atomic E-state index is 0.162. The molecule has 0 bridgehead atoms. The van der Waals surface area contributed by atoms with E-state index in [0.29, 0.717) is 18.4 Å². The first kappa shape index (κ1) is 19.8. The molecule has 2 rings (SSSR count). The summed E-state index contributed by atoms with van der Waals surface area (Å²) in [4.78, 5) is 11.0. The van der Waals surface area contributed by atoms with Gasteiger partial charge in [0.25, 0.3) is 0 Å². The fourth-order valence-corrected chi connectivity index (χ4v) is 2.08. The van der Waals surface area contributed by atoms with Crippen LogP contribution in [0.4, 0.5) is 8.78 Å². The quantitative estimate of drug-likeness (QED) is 0.723. The third-order valence-electron chi connectivity index (χ3n) is 3.32. The van der Waals surface area contributed by atoms with Crippen LogP contribution >= 0.6 is 0 Å². The number of hydrogen-bond donors (Lipinski definition) is 0. The molecule has 4 heteroatoms. The van der Waals surface area contributed by atoms with Crippen LogP contribution in [0, 0.1) is 25.5 Å². The van der Waals surface area contributed by atoms with Gasteiger partial charge < -0.3 is 4.74 Å². The number of ether oxygens (including phenoxy) is 1. The highest BCUT2D eigenvalue weighted by Crippen LogP contribution is 2.13. The Morgan fingerprint density at radius 1 is 1.08 bits per heavy atom. The van der Waals surface area contributed by atoms with Crippen LogP contribution in [0.5, 0.6) is 0 Å². The molecule has 0 heterocycles. The Labute approximate surface area is 142 Å². The number of carbonyl (C=O) groups is 1. The Morgan fingerprint density at radius 3 is 2.25 bits per heavy atom. The molecule has 24 heavy (non-hydrogen) atoms.